The van der Waals surface area contributed by atoms with Gasteiger partial charge in [0.25, 0.3) is 0 Å². The van der Waals surface area contributed by atoms with Gasteiger partial charge in [0, 0.05) is 25.0 Å². The highest BCUT2D eigenvalue weighted by atomic mass is 16.1. The molecule has 22 heavy (non-hydrogen) atoms. The second-order valence-electron chi connectivity index (χ2n) is 7.49. The highest BCUT2D eigenvalue weighted by Gasteiger charge is 2.36. The molecule has 1 N–H and O–H groups in total. The van der Waals surface area contributed by atoms with Gasteiger partial charge in [-0.2, -0.15) is 0 Å². The van der Waals surface area contributed by atoms with Crippen LogP contribution in [0.2, 0.25) is 0 Å². The molecule has 2 atom stereocenters. The Labute approximate surface area is 134 Å². The first-order valence-corrected chi connectivity index (χ1v) is 8.65. The molecule has 0 aromatic heterocycles. The third-order valence-corrected chi connectivity index (χ3v) is 5.36. The number of carbonyl (C=O) groups is 1. The summed E-state index contributed by atoms with van der Waals surface area (Å²) in [7, 11) is 0. The summed E-state index contributed by atoms with van der Waals surface area (Å²) >= 11 is 0. The van der Waals surface area contributed by atoms with Gasteiger partial charge in [-0.25, -0.2) is 0 Å². The summed E-state index contributed by atoms with van der Waals surface area (Å²) in [5.41, 5.74) is 1.12. The second kappa shape index (κ2) is 6.41. The Bertz CT molecular complexity index is 511. The van der Waals surface area contributed by atoms with Crippen LogP contribution in [-0.4, -0.2) is 36.0 Å². The Morgan fingerprint density at radius 3 is 2.73 bits per heavy atom. The largest absolute Gasteiger partial charge is 0.352 e. The zero-order valence-electron chi connectivity index (χ0n) is 13.8. The Kier molecular flexibility index (Phi) is 4.53. The first-order chi connectivity index (χ1) is 10.6. The molecule has 3 rings (SSSR count). The summed E-state index contributed by atoms with van der Waals surface area (Å²) in [6.45, 7) is 6.68. The number of rotatable bonds is 4. The Hall–Kier alpha value is -1.35. The molecule has 2 unspecified atom stereocenters. The fourth-order valence-corrected chi connectivity index (χ4v) is 4.07. The van der Waals surface area contributed by atoms with Crippen LogP contribution in [0.1, 0.15) is 51.5 Å². The molecule has 2 saturated heterocycles. The van der Waals surface area contributed by atoms with Gasteiger partial charge >= 0.3 is 0 Å². The molecule has 3 nitrogen and oxygen atoms in total. The van der Waals surface area contributed by atoms with Crippen molar-refractivity contribution in [1.82, 2.24) is 10.2 Å². The van der Waals surface area contributed by atoms with Gasteiger partial charge in [-0.3, -0.25) is 9.69 Å². The fourth-order valence-electron chi connectivity index (χ4n) is 4.07. The van der Waals surface area contributed by atoms with E-state index >= 15 is 0 Å². The molecule has 3 heteroatoms. The van der Waals surface area contributed by atoms with E-state index in [1.165, 1.54) is 31.4 Å². The van der Waals surface area contributed by atoms with E-state index in [0.717, 1.165) is 13.0 Å². The molecule has 2 heterocycles. The fraction of sp³-hybridized carbons (Fsp3) is 0.632. The van der Waals surface area contributed by atoms with Gasteiger partial charge in [0.2, 0.25) is 5.91 Å². The molecule has 120 valence electrons. The van der Waals surface area contributed by atoms with Crippen LogP contribution in [0.25, 0.3) is 0 Å². The van der Waals surface area contributed by atoms with E-state index in [1.54, 1.807) is 0 Å². The Morgan fingerprint density at radius 2 is 1.95 bits per heavy atom. The van der Waals surface area contributed by atoms with Crippen LogP contribution in [0.15, 0.2) is 30.3 Å². The molecule has 0 saturated carbocycles. The van der Waals surface area contributed by atoms with E-state index in [4.69, 9.17) is 0 Å². The summed E-state index contributed by atoms with van der Waals surface area (Å²) in [6, 6.07) is 11.3. The summed E-state index contributed by atoms with van der Waals surface area (Å²) in [5, 5.41) is 3.32. The Balaban J connectivity index is 1.58. The number of carbonyl (C=O) groups excluding carboxylic acids is 1. The zero-order valence-corrected chi connectivity index (χ0v) is 13.8. The number of nitrogens with one attached hydrogen (secondary N) is 1. The van der Waals surface area contributed by atoms with Crippen molar-refractivity contribution in [2.24, 2.45) is 0 Å². The minimum Gasteiger partial charge on any atom is -0.352 e. The summed E-state index contributed by atoms with van der Waals surface area (Å²) in [6.07, 6.45) is 5.54. The van der Waals surface area contributed by atoms with E-state index in [2.05, 4.69) is 36.2 Å². The summed E-state index contributed by atoms with van der Waals surface area (Å²) in [5.74, 6) is 0.200. The van der Waals surface area contributed by atoms with Crippen molar-refractivity contribution in [1.29, 1.82) is 0 Å². The van der Waals surface area contributed by atoms with Gasteiger partial charge in [-0.05, 0) is 36.8 Å². The van der Waals surface area contributed by atoms with Crippen molar-refractivity contribution in [3.05, 3.63) is 35.9 Å². The number of benzene rings is 1. The third-order valence-electron chi connectivity index (χ3n) is 5.36. The first-order valence-electron chi connectivity index (χ1n) is 8.65. The molecule has 0 radical (unpaired) electrons. The average molecular weight is 300 g/mol. The molecule has 0 bridgehead atoms. The second-order valence-corrected chi connectivity index (χ2v) is 7.49. The van der Waals surface area contributed by atoms with Gasteiger partial charge < -0.3 is 5.32 Å². The quantitative estimate of drug-likeness (QED) is 0.926. The predicted molar refractivity (Wildman–Crippen MR) is 89.8 cm³/mol. The lowest BCUT2D eigenvalue weighted by Crippen LogP contribution is -2.47. The van der Waals surface area contributed by atoms with Crippen molar-refractivity contribution in [3.8, 4) is 0 Å². The lowest BCUT2D eigenvalue weighted by Gasteiger charge is -2.33. The molecule has 1 aromatic rings. The minimum atomic E-state index is -0.115. The van der Waals surface area contributed by atoms with Gasteiger partial charge in [-0.1, -0.05) is 50.6 Å². The predicted octanol–water partition coefficient (Wildman–Crippen LogP) is 3.10. The van der Waals surface area contributed by atoms with Crippen molar-refractivity contribution >= 4 is 5.91 Å². The van der Waals surface area contributed by atoms with Gasteiger partial charge in [0.05, 0.1) is 0 Å². The molecule has 0 spiro atoms. The highest BCUT2D eigenvalue weighted by molar-refractivity contribution is 5.78. The van der Waals surface area contributed by atoms with Crippen LogP contribution in [0.5, 0.6) is 0 Å². The number of hydrogen-bond donors (Lipinski definition) is 1. The standard InChI is InChI=1S/C19H28N2O/c1-19(2,15-8-4-3-5-9-15)14-18(22)20-16-11-13-21-12-7-6-10-17(16)21/h3-5,8-9,16-17H,6-7,10-14H2,1-2H3,(H,20,22). The number of fused-ring (bicyclic) bond motifs is 1. The van der Waals surface area contributed by atoms with E-state index in [0.29, 0.717) is 18.5 Å². The van der Waals surface area contributed by atoms with Crippen LogP contribution in [0.4, 0.5) is 0 Å². The maximum absolute atomic E-state index is 12.5. The van der Waals surface area contributed by atoms with Gasteiger partial charge in [-0.15, -0.1) is 0 Å². The third kappa shape index (κ3) is 3.35. The molecule has 1 aromatic carbocycles. The molecular formula is C19H28N2O. The monoisotopic (exact) mass is 300 g/mol. The zero-order chi connectivity index (χ0) is 15.6. The maximum atomic E-state index is 12.5. The van der Waals surface area contributed by atoms with Crippen LogP contribution in [-0.2, 0) is 10.2 Å². The van der Waals surface area contributed by atoms with Crippen LogP contribution in [0.3, 0.4) is 0 Å². The number of amides is 1. The van der Waals surface area contributed by atoms with Gasteiger partial charge in [0.1, 0.15) is 0 Å². The lowest BCUT2D eigenvalue weighted by molar-refractivity contribution is -0.123. The first kappa shape index (κ1) is 15.5. The average Bonchev–Trinajstić information content (AvgIpc) is 2.91. The number of nitrogens with zero attached hydrogens (tertiary/aromatic N) is 1. The van der Waals surface area contributed by atoms with Gasteiger partial charge in [0.15, 0.2) is 0 Å². The van der Waals surface area contributed by atoms with Crippen LogP contribution in [0, 0.1) is 0 Å². The number of hydrogen-bond acceptors (Lipinski definition) is 2. The van der Waals surface area contributed by atoms with E-state index in [9.17, 15) is 4.79 Å². The van der Waals surface area contributed by atoms with Crippen molar-refractivity contribution in [2.75, 3.05) is 13.1 Å². The van der Waals surface area contributed by atoms with E-state index in [-0.39, 0.29) is 11.3 Å². The van der Waals surface area contributed by atoms with E-state index < -0.39 is 0 Å². The van der Waals surface area contributed by atoms with Crippen molar-refractivity contribution in [2.45, 2.75) is 63.5 Å². The van der Waals surface area contributed by atoms with Crippen LogP contribution >= 0.6 is 0 Å². The summed E-state index contributed by atoms with van der Waals surface area (Å²) < 4.78 is 0. The Morgan fingerprint density at radius 1 is 1.18 bits per heavy atom. The maximum Gasteiger partial charge on any atom is 0.221 e. The molecule has 2 aliphatic heterocycles. The topological polar surface area (TPSA) is 32.3 Å². The minimum absolute atomic E-state index is 0.115. The molecular weight excluding hydrogens is 272 g/mol. The van der Waals surface area contributed by atoms with Crippen LogP contribution < -0.4 is 5.32 Å². The van der Waals surface area contributed by atoms with Crippen molar-refractivity contribution < 1.29 is 4.79 Å². The SMILES string of the molecule is CC(C)(CC(=O)NC1CCN2CCCCC12)c1ccccc1. The smallest absolute Gasteiger partial charge is 0.221 e. The lowest BCUT2D eigenvalue weighted by atomic mass is 9.81. The summed E-state index contributed by atoms with van der Waals surface area (Å²) in [4.78, 5) is 15.1. The van der Waals surface area contributed by atoms with E-state index in [1.807, 2.05) is 18.2 Å². The molecule has 2 aliphatic rings. The van der Waals surface area contributed by atoms with Crippen molar-refractivity contribution in [3.63, 3.8) is 0 Å². The normalized spacial score (nSPS) is 25.7. The molecule has 2 fully saturated rings. The molecule has 1 amide bonds. The molecule has 0 aliphatic carbocycles. The number of piperidine rings is 1. The highest BCUT2D eigenvalue weighted by Crippen LogP contribution is 2.29.